The van der Waals surface area contributed by atoms with E-state index in [4.69, 9.17) is 5.84 Å². The molecule has 0 bridgehead atoms. The van der Waals surface area contributed by atoms with Gasteiger partial charge in [0.25, 0.3) is 0 Å². The summed E-state index contributed by atoms with van der Waals surface area (Å²) in [6.45, 7) is 7.60. The Kier molecular flexibility index (Phi) is 5.33. The van der Waals surface area contributed by atoms with Crippen LogP contribution in [-0.2, 0) is 0 Å². The predicted octanol–water partition coefficient (Wildman–Crippen LogP) is 3.32. The van der Waals surface area contributed by atoms with Gasteiger partial charge in [-0.25, -0.2) is 10.8 Å². The van der Waals surface area contributed by atoms with Crippen molar-refractivity contribution in [2.75, 3.05) is 16.9 Å². The number of nitrogens with two attached hydrogens (primary N) is 1. The average molecular weight is 287 g/mol. The van der Waals surface area contributed by atoms with Crippen LogP contribution in [0, 0.1) is 0 Å². The first-order valence-corrected chi connectivity index (χ1v) is 7.67. The van der Waals surface area contributed by atoms with Crippen LogP contribution in [0.5, 0.6) is 0 Å². The molecule has 2 aromatic rings. The van der Waals surface area contributed by atoms with Crippen LogP contribution in [0.4, 0.5) is 11.8 Å². The summed E-state index contributed by atoms with van der Waals surface area (Å²) in [6, 6.07) is 8.45. The van der Waals surface area contributed by atoms with Gasteiger partial charge >= 0.3 is 0 Å². The number of aromatic nitrogens is 2. The van der Waals surface area contributed by atoms with E-state index in [0.29, 0.717) is 12.0 Å². The lowest BCUT2D eigenvalue weighted by atomic mass is 10.1. The van der Waals surface area contributed by atoms with Crippen LogP contribution in [0.3, 0.4) is 0 Å². The van der Waals surface area contributed by atoms with Crippen LogP contribution in [-0.4, -0.2) is 22.6 Å². The highest BCUT2D eigenvalue weighted by molar-refractivity contribution is 5.90. The molecule has 0 fully saturated rings. The zero-order chi connectivity index (χ0) is 15.2. The van der Waals surface area contributed by atoms with Gasteiger partial charge in [-0.05, 0) is 32.4 Å². The van der Waals surface area contributed by atoms with E-state index in [0.717, 1.165) is 23.3 Å². The van der Waals surface area contributed by atoms with Crippen molar-refractivity contribution in [3.05, 3.63) is 24.3 Å². The number of nitrogen functional groups attached to an aromatic ring is 1. The Morgan fingerprint density at radius 3 is 2.62 bits per heavy atom. The molecule has 1 aromatic heterocycles. The summed E-state index contributed by atoms with van der Waals surface area (Å²) >= 11 is 0. The molecule has 1 heterocycles. The Bertz CT molecular complexity index is 582. The third-order valence-corrected chi connectivity index (χ3v) is 3.61. The second-order valence-electron chi connectivity index (χ2n) is 5.53. The van der Waals surface area contributed by atoms with Gasteiger partial charge in [0.1, 0.15) is 5.82 Å². The lowest BCUT2D eigenvalue weighted by molar-refractivity contribution is 0.621. The molecule has 5 nitrogen and oxygen atoms in total. The van der Waals surface area contributed by atoms with Gasteiger partial charge in [0.2, 0.25) is 5.95 Å². The van der Waals surface area contributed by atoms with Crippen LogP contribution in [0.2, 0.25) is 0 Å². The van der Waals surface area contributed by atoms with Crippen LogP contribution < -0.4 is 16.2 Å². The zero-order valence-electron chi connectivity index (χ0n) is 13.1. The van der Waals surface area contributed by atoms with Crippen molar-refractivity contribution in [2.24, 2.45) is 5.84 Å². The van der Waals surface area contributed by atoms with E-state index in [1.807, 2.05) is 18.2 Å². The summed E-state index contributed by atoms with van der Waals surface area (Å²) in [4.78, 5) is 11.4. The minimum atomic E-state index is 0.380. The van der Waals surface area contributed by atoms with Crippen molar-refractivity contribution >= 4 is 22.7 Å². The van der Waals surface area contributed by atoms with Crippen LogP contribution in [0.25, 0.3) is 10.9 Å². The number of unbranched alkanes of at least 4 members (excludes halogenated alkanes) is 2. The molecule has 0 aliphatic rings. The molecule has 0 atom stereocenters. The SMILES string of the molecule is CCCCCN(c1nc(NN)nc2ccccc12)C(C)C. The van der Waals surface area contributed by atoms with Crippen LogP contribution in [0.1, 0.15) is 40.0 Å². The van der Waals surface area contributed by atoms with Gasteiger partial charge in [-0.15, -0.1) is 0 Å². The molecule has 0 saturated carbocycles. The Morgan fingerprint density at radius 2 is 1.95 bits per heavy atom. The van der Waals surface area contributed by atoms with Crippen LogP contribution >= 0.6 is 0 Å². The molecule has 0 spiro atoms. The number of anilines is 2. The van der Waals surface area contributed by atoms with Gasteiger partial charge in [-0.2, -0.15) is 4.98 Å². The maximum absolute atomic E-state index is 5.51. The van der Waals surface area contributed by atoms with Crippen molar-refractivity contribution in [1.29, 1.82) is 0 Å². The fourth-order valence-electron chi connectivity index (χ4n) is 2.48. The Morgan fingerprint density at radius 1 is 1.19 bits per heavy atom. The van der Waals surface area contributed by atoms with Gasteiger partial charge < -0.3 is 4.90 Å². The molecule has 2 rings (SSSR count). The van der Waals surface area contributed by atoms with E-state index in [1.165, 1.54) is 19.3 Å². The molecule has 114 valence electrons. The molecule has 0 saturated heterocycles. The fraction of sp³-hybridized carbons (Fsp3) is 0.500. The number of nitrogens with zero attached hydrogens (tertiary/aromatic N) is 3. The lowest BCUT2D eigenvalue weighted by Crippen LogP contribution is -2.33. The first-order valence-electron chi connectivity index (χ1n) is 7.67. The Labute approximate surface area is 126 Å². The normalized spacial score (nSPS) is 11.1. The van der Waals surface area contributed by atoms with Gasteiger partial charge in [-0.3, -0.25) is 5.43 Å². The zero-order valence-corrected chi connectivity index (χ0v) is 13.1. The smallest absolute Gasteiger partial charge is 0.239 e. The Balaban J connectivity index is 2.44. The minimum Gasteiger partial charge on any atom is -0.354 e. The maximum Gasteiger partial charge on any atom is 0.239 e. The maximum atomic E-state index is 5.51. The number of hydrazine groups is 1. The molecular formula is C16H25N5. The first kappa shape index (κ1) is 15.5. The monoisotopic (exact) mass is 287 g/mol. The summed E-state index contributed by atoms with van der Waals surface area (Å²) in [6.07, 6.45) is 3.61. The van der Waals surface area contributed by atoms with E-state index in [9.17, 15) is 0 Å². The summed E-state index contributed by atoms with van der Waals surface area (Å²) in [7, 11) is 0. The van der Waals surface area contributed by atoms with E-state index >= 15 is 0 Å². The number of fused-ring (bicyclic) bond motifs is 1. The molecule has 0 radical (unpaired) electrons. The van der Waals surface area contributed by atoms with Crippen molar-refractivity contribution in [3.8, 4) is 0 Å². The lowest BCUT2D eigenvalue weighted by Gasteiger charge is -2.29. The fourth-order valence-corrected chi connectivity index (χ4v) is 2.48. The van der Waals surface area contributed by atoms with Crippen molar-refractivity contribution < 1.29 is 0 Å². The predicted molar refractivity (Wildman–Crippen MR) is 89.4 cm³/mol. The molecule has 0 unspecified atom stereocenters. The average Bonchev–Trinajstić information content (AvgIpc) is 2.50. The molecular weight excluding hydrogens is 262 g/mol. The number of nitrogens with one attached hydrogen (secondary N) is 1. The second kappa shape index (κ2) is 7.22. The molecule has 0 aliphatic heterocycles. The van der Waals surface area contributed by atoms with Crippen molar-refractivity contribution in [2.45, 2.75) is 46.1 Å². The third-order valence-electron chi connectivity index (χ3n) is 3.61. The van der Waals surface area contributed by atoms with E-state index < -0.39 is 0 Å². The number of hydrogen-bond donors (Lipinski definition) is 2. The molecule has 0 amide bonds. The van der Waals surface area contributed by atoms with E-state index in [2.05, 4.69) is 47.1 Å². The molecule has 21 heavy (non-hydrogen) atoms. The molecule has 0 aliphatic carbocycles. The number of rotatable bonds is 7. The van der Waals surface area contributed by atoms with Crippen molar-refractivity contribution in [1.82, 2.24) is 9.97 Å². The number of para-hydroxylation sites is 1. The third kappa shape index (κ3) is 3.61. The number of hydrogen-bond acceptors (Lipinski definition) is 5. The molecule has 3 N–H and O–H groups in total. The minimum absolute atomic E-state index is 0.380. The summed E-state index contributed by atoms with van der Waals surface area (Å²) < 4.78 is 0. The standard InChI is InChI=1S/C16H25N5/c1-4-5-8-11-21(12(2)3)15-13-9-6-7-10-14(13)18-16(19-15)20-17/h6-7,9-10,12H,4-5,8,11,17H2,1-3H3,(H,18,19,20). The van der Waals surface area contributed by atoms with E-state index in [1.54, 1.807) is 0 Å². The second-order valence-corrected chi connectivity index (χ2v) is 5.53. The van der Waals surface area contributed by atoms with Gasteiger partial charge in [0.15, 0.2) is 0 Å². The molecule has 5 heteroatoms. The first-order chi connectivity index (χ1) is 10.2. The Hall–Kier alpha value is -1.88. The summed E-state index contributed by atoms with van der Waals surface area (Å²) in [5.74, 6) is 6.93. The molecule has 1 aromatic carbocycles. The summed E-state index contributed by atoms with van der Waals surface area (Å²) in [5.41, 5.74) is 3.49. The quantitative estimate of drug-likeness (QED) is 0.464. The highest BCUT2D eigenvalue weighted by Gasteiger charge is 2.16. The highest BCUT2D eigenvalue weighted by Crippen LogP contribution is 2.26. The van der Waals surface area contributed by atoms with Crippen molar-refractivity contribution in [3.63, 3.8) is 0 Å². The van der Waals surface area contributed by atoms with Gasteiger partial charge in [-0.1, -0.05) is 31.9 Å². The largest absolute Gasteiger partial charge is 0.354 e. The topological polar surface area (TPSA) is 67.1 Å². The highest BCUT2D eigenvalue weighted by atomic mass is 15.3. The van der Waals surface area contributed by atoms with E-state index in [-0.39, 0.29) is 0 Å². The van der Waals surface area contributed by atoms with Crippen LogP contribution in [0.15, 0.2) is 24.3 Å². The van der Waals surface area contributed by atoms with Gasteiger partial charge in [0.05, 0.1) is 5.52 Å². The van der Waals surface area contributed by atoms with Gasteiger partial charge in [0, 0.05) is 18.0 Å². The number of benzene rings is 1. The summed E-state index contributed by atoms with van der Waals surface area (Å²) in [5, 5.41) is 1.07.